The molecule has 4 aromatic rings. The number of fused-ring (bicyclic) bond motifs is 1. The van der Waals surface area contributed by atoms with E-state index in [0.29, 0.717) is 20.8 Å². The second-order valence-electron chi connectivity index (χ2n) is 6.60. The van der Waals surface area contributed by atoms with Crippen molar-refractivity contribution in [3.63, 3.8) is 0 Å². The maximum atomic E-state index is 12.6. The van der Waals surface area contributed by atoms with Crippen molar-refractivity contribution in [1.29, 1.82) is 0 Å². The average molecular weight is 443 g/mol. The first-order valence-electron chi connectivity index (χ1n) is 8.97. The maximum Gasteiger partial charge on any atom is 0.262 e. The van der Waals surface area contributed by atoms with E-state index in [4.69, 9.17) is 12.2 Å². The van der Waals surface area contributed by atoms with Crippen molar-refractivity contribution in [2.75, 3.05) is 5.32 Å². The van der Waals surface area contributed by atoms with Gasteiger partial charge in [0, 0.05) is 33.7 Å². The molecule has 0 bridgehead atoms. The van der Waals surface area contributed by atoms with Gasteiger partial charge in [0.1, 0.15) is 0 Å². The Hall–Kier alpha value is -2.62. The molecule has 1 amide bonds. The molecule has 2 N–H and O–H groups in total. The number of carbonyl (C=O) groups excluding carboxylic acids is 1. The molecule has 6 nitrogen and oxygen atoms in total. The number of benzene rings is 1. The van der Waals surface area contributed by atoms with Gasteiger partial charge in [-0.05, 0) is 44.3 Å². The van der Waals surface area contributed by atoms with E-state index in [1.165, 1.54) is 25.7 Å². The number of aryl methyl sites for hydroxylation is 2. The van der Waals surface area contributed by atoms with Gasteiger partial charge in [-0.25, -0.2) is 4.98 Å². The highest BCUT2D eigenvalue weighted by Crippen LogP contribution is 2.32. The summed E-state index contributed by atoms with van der Waals surface area (Å²) >= 11 is 8.40. The summed E-state index contributed by atoms with van der Waals surface area (Å²) in [5, 5.41) is 5.85. The number of amides is 1. The van der Waals surface area contributed by atoms with E-state index in [1.54, 1.807) is 29.5 Å². The predicted octanol–water partition coefficient (Wildman–Crippen LogP) is 4.89. The van der Waals surface area contributed by atoms with Gasteiger partial charge in [-0.1, -0.05) is 12.1 Å². The van der Waals surface area contributed by atoms with Crippen LogP contribution in [0.5, 0.6) is 0 Å². The molecule has 1 aromatic carbocycles. The highest BCUT2D eigenvalue weighted by molar-refractivity contribution is 7.71. The third-order valence-electron chi connectivity index (χ3n) is 4.52. The van der Waals surface area contributed by atoms with E-state index < -0.39 is 0 Å². The predicted molar refractivity (Wildman–Crippen MR) is 122 cm³/mol. The van der Waals surface area contributed by atoms with Crippen molar-refractivity contribution in [2.24, 2.45) is 0 Å². The summed E-state index contributed by atoms with van der Waals surface area (Å²) in [5.74, 6) is -0.210. The molecule has 0 aliphatic rings. The first kappa shape index (κ1) is 19.7. The van der Waals surface area contributed by atoms with Crippen LogP contribution in [0.2, 0.25) is 0 Å². The molecule has 0 aliphatic carbocycles. The number of hydrogen-bond acceptors (Lipinski definition) is 6. The van der Waals surface area contributed by atoms with Crippen LogP contribution in [-0.4, -0.2) is 20.4 Å². The zero-order valence-electron chi connectivity index (χ0n) is 15.8. The van der Waals surface area contributed by atoms with Gasteiger partial charge in [-0.3, -0.25) is 14.2 Å². The van der Waals surface area contributed by atoms with Gasteiger partial charge in [0.2, 0.25) is 5.91 Å². The summed E-state index contributed by atoms with van der Waals surface area (Å²) in [6.07, 6.45) is 0.126. The van der Waals surface area contributed by atoms with Crippen molar-refractivity contribution in [3.05, 3.63) is 60.6 Å². The lowest BCUT2D eigenvalue weighted by molar-refractivity contribution is -0.116. The number of carbonyl (C=O) groups is 1. The monoisotopic (exact) mass is 442 g/mol. The summed E-state index contributed by atoms with van der Waals surface area (Å²) in [4.78, 5) is 35.0. The fourth-order valence-electron chi connectivity index (χ4n) is 3.14. The zero-order valence-corrected chi connectivity index (χ0v) is 18.3. The Morgan fingerprint density at radius 1 is 1.31 bits per heavy atom. The van der Waals surface area contributed by atoms with Crippen molar-refractivity contribution in [1.82, 2.24) is 14.5 Å². The zero-order chi connectivity index (χ0) is 20.5. The van der Waals surface area contributed by atoms with Crippen LogP contribution < -0.4 is 10.9 Å². The van der Waals surface area contributed by atoms with Crippen molar-refractivity contribution < 1.29 is 4.79 Å². The standard InChI is InChI=1S/C20H18N4O2S3/c1-11-9-14(12(2)29-11)16-10-28-19(21-16)23-17(25)7-8-24-18(26)13-5-3-4-6-15(13)22-20(24)27/h3-6,9-10H,7-8H2,1-2H3,(H,22,27)(H,21,23,25). The molecule has 0 atom stereocenters. The van der Waals surface area contributed by atoms with Crippen molar-refractivity contribution in [2.45, 2.75) is 26.8 Å². The third-order valence-corrected chi connectivity index (χ3v) is 6.57. The number of thiazole rings is 1. The van der Waals surface area contributed by atoms with Crippen LogP contribution in [0, 0.1) is 18.6 Å². The second-order valence-corrected chi connectivity index (χ2v) is 9.30. The summed E-state index contributed by atoms with van der Waals surface area (Å²) in [6, 6.07) is 9.29. The SMILES string of the molecule is Cc1cc(-c2csc(NC(=O)CCn3c(=S)[nH]c4ccccc4c3=O)n2)c(C)s1. The molecule has 0 saturated carbocycles. The minimum absolute atomic E-state index is 0.126. The van der Waals surface area contributed by atoms with E-state index >= 15 is 0 Å². The molecule has 0 spiro atoms. The first-order chi connectivity index (χ1) is 13.9. The Kier molecular flexibility index (Phi) is 5.44. The molecular formula is C20H18N4O2S3. The van der Waals surface area contributed by atoms with Crippen molar-refractivity contribution >= 4 is 56.8 Å². The van der Waals surface area contributed by atoms with E-state index in [-0.39, 0.29) is 24.4 Å². The molecule has 148 valence electrons. The number of nitrogens with one attached hydrogen (secondary N) is 2. The quantitative estimate of drug-likeness (QED) is 0.431. The lowest BCUT2D eigenvalue weighted by atomic mass is 10.2. The maximum absolute atomic E-state index is 12.6. The van der Waals surface area contributed by atoms with Crippen LogP contribution in [0.3, 0.4) is 0 Å². The van der Waals surface area contributed by atoms with Crippen LogP contribution in [0.1, 0.15) is 16.2 Å². The molecule has 0 aliphatic heterocycles. The highest BCUT2D eigenvalue weighted by atomic mass is 32.1. The number of H-pyrrole nitrogens is 1. The van der Waals surface area contributed by atoms with E-state index in [9.17, 15) is 9.59 Å². The molecule has 3 aromatic heterocycles. The Balaban J connectivity index is 1.46. The molecule has 0 saturated heterocycles. The smallest absolute Gasteiger partial charge is 0.262 e. The lowest BCUT2D eigenvalue weighted by Gasteiger charge is -2.07. The van der Waals surface area contributed by atoms with Crippen LogP contribution in [0.4, 0.5) is 5.13 Å². The fraction of sp³-hybridized carbons (Fsp3) is 0.200. The van der Waals surface area contributed by atoms with Crippen LogP contribution in [0.25, 0.3) is 22.2 Å². The van der Waals surface area contributed by atoms with Gasteiger partial charge in [0.15, 0.2) is 9.90 Å². The largest absolute Gasteiger partial charge is 0.332 e. The molecule has 0 unspecified atom stereocenters. The number of aromatic amines is 1. The number of anilines is 1. The van der Waals surface area contributed by atoms with Gasteiger partial charge in [0.05, 0.1) is 16.6 Å². The first-order valence-corrected chi connectivity index (χ1v) is 11.1. The van der Waals surface area contributed by atoms with Crippen molar-refractivity contribution in [3.8, 4) is 11.3 Å². The van der Waals surface area contributed by atoms with Crippen LogP contribution in [0.15, 0.2) is 40.5 Å². The van der Waals surface area contributed by atoms with Crippen LogP contribution >= 0.6 is 34.9 Å². The minimum Gasteiger partial charge on any atom is -0.332 e. The topological polar surface area (TPSA) is 79.8 Å². The molecule has 29 heavy (non-hydrogen) atoms. The highest BCUT2D eigenvalue weighted by Gasteiger charge is 2.12. The van der Waals surface area contributed by atoms with E-state index in [1.807, 2.05) is 11.4 Å². The van der Waals surface area contributed by atoms with E-state index in [0.717, 1.165) is 11.3 Å². The summed E-state index contributed by atoms with van der Waals surface area (Å²) < 4.78 is 1.73. The molecule has 4 rings (SSSR count). The van der Waals surface area contributed by atoms with Gasteiger partial charge in [0.25, 0.3) is 5.56 Å². The normalized spacial score (nSPS) is 11.1. The van der Waals surface area contributed by atoms with E-state index in [2.05, 4.69) is 35.2 Å². The van der Waals surface area contributed by atoms with Gasteiger partial charge >= 0.3 is 0 Å². The minimum atomic E-state index is -0.210. The second kappa shape index (κ2) is 8.02. The number of rotatable bonds is 5. The Bertz CT molecular complexity index is 1330. The Morgan fingerprint density at radius 2 is 2.10 bits per heavy atom. The van der Waals surface area contributed by atoms with Gasteiger partial charge in [-0.15, -0.1) is 22.7 Å². The fourth-order valence-corrected chi connectivity index (χ4v) is 5.08. The molecule has 9 heteroatoms. The van der Waals surface area contributed by atoms with Crippen LogP contribution in [-0.2, 0) is 11.3 Å². The molecular weight excluding hydrogens is 424 g/mol. The third kappa shape index (κ3) is 4.07. The molecule has 0 fully saturated rings. The summed E-state index contributed by atoms with van der Waals surface area (Å²) in [5.41, 5.74) is 2.45. The number of para-hydroxylation sites is 1. The summed E-state index contributed by atoms with van der Waals surface area (Å²) in [6.45, 7) is 4.33. The lowest BCUT2D eigenvalue weighted by Crippen LogP contribution is -2.25. The molecule has 0 radical (unpaired) electrons. The Morgan fingerprint density at radius 3 is 2.86 bits per heavy atom. The Labute approximate surface area is 179 Å². The van der Waals surface area contributed by atoms with Gasteiger partial charge in [-0.2, -0.15) is 0 Å². The number of aromatic nitrogens is 3. The summed E-state index contributed by atoms with van der Waals surface area (Å²) in [7, 11) is 0. The number of nitrogens with zero attached hydrogens (tertiary/aromatic N) is 2. The van der Waals surface area contributed by atoms with Gasteiger partial charge < -0.3 is 10.3 Å². The molecule has 3 heterocycles. The number of hydrogen-bond donors (Lipinski definition) is 2. The average Bonchev–Trinajstić information content (AvgIpc) is 3.27. The number of thiophene rings is 1.